The summed E-state index contributed by atoms with van der Waals surface area (Å²) in [4.78, 5) is 14.0. The summed E-state index contributed by atoms with van der Waals surface area (Å²) in [5.41, 5.74) is 1.15. The number of rotatable bonds is 3. The summed E-state index contributed by atoms with van der Waals surface area (Å²) in [6.45, 7) is 0. The van der Waals surface area contributed by atoms with Crippen LogP contribution in [0.1, 0.15) is 18.4 Å². The number of carbonyl (C=O) groups excluding carboxylic acids is 1. The number of aliphatic imine (C=N–C) groups is 1. The predicted octanol–water partition coefficient (Wildman–Crippen LogP) is 2.10. The van der Waals surface area contributed by atoms with Crippen molar-refractivity contribution in [2.24, 2.45) is 4.99 Å². The lowest BCUT2D eigenvalue weighted by Gasteiger charge is -2.06. The van der Waals surface area contributed by atoms with E-state index in [-0.39, 0.29) is 5.54 Å². The van der Waals surface area contributed by atoms with E-state index in [0.717, 1.165) is 19.3 Å². The predicted molar refractivity (Wildman–Crippen MR) is 50.2 cm³/mol. The molecule has 66 valence electrons. The van der Waals surface area contributed by atoms with Gasteiger partial charge in [0.25, 0.3) is 0 Å². The summed E-state index contributed by atoms with van der Waals surface area (Å²) in [6.07, 6.45) is 4.59. The molecular weight excluding hydrogens is 162 g/mol. The Kier molecular flexibility index (Phi) is 1.99. The second-order valence-electron chi connectivity index (χ2n) is 3.59. The minimum atomic E-state index is -0.0941. The highest BCUT2D eigenvalue weighted by atomic mass is 16.1. The molecule has 1 aliphatic carbocycles. The molecule has 2 heteroatoms. The minimum absolute atomic E-state index is 0.0941. The Labute approximate surface area is 77.3 Å². The molecule has 1 saturated carbocycles. The number of benzene rings is 1. The normalized spacial score (nSPS) is 17.5. The smallest absolute Gasteiger partial charge is 0.211 e. The van der Waals surface area contributed by atoms with Crippen LogP contribution in [0.3, 0.4) is 0 Å². The van der Waals surface area contributed by atoms with E-state index in [2.05, 4.69) is 17.1 Å². The number of hydrogen-bond acceptors (Lipinski definition) is 2. The van der Waals surface area contributed by atoms with Crippen molar-refractivity contribution in [3.8, 4) is 0 Å². The Bertz CT molecular complexity index is 334. The summed E-state index contributed by atoms with van der Waals surface area (Å²) in [7, 11) is 0. The Morgan fingerprint density at radius 3 is 2.54 bits per heavy atom. The molecule has 0 radical (unpaired) electrons. The molecule has 0 N–H and O–H groups in total. The number of hydrogen-bond donors (Lipinski definition) is 0. The summed E-state index contributed by atoms with van der Waals surface area (Å²) in [6, 6.07) is 10.2. The number of nitrogens with zero attached hydrogens (tertiary/aromatic N) is 1. The van der Waals surface area contributed by atoms with Gasteiger partial charge in [-0.3, -0.25) is 0 Å². The van der Waals surface area contributed by atoms with Gasteiger partial charge in [0, 0.05) is 0 Å². The van der Waals surface area contributed by atoms with E-state index in [1.165, 1.54) is 5.56 Å². The number of isocyanates is 1. The molecule has 0 bridgehead atoms. The molecule has 13 heavy (non-hydrogen) atoms. The van der Waals surface area contributed by atoms with Crippen molar-refractivity contribution < 1.29 is 4.79 Å². The van der Waals surface area contributed by atoms with Crippen molar-refractivity contribution in [3.63, 3.8) is 0 Å². The molecule has 2 rings (SSSR count). The third-order valence-electron chi connectivity index (χ3n) is 2.49. The molecule has 0 aromatic heterocycles. The first kappa shape index (κ1) is 8.21. The third-order valence-corrected chi connectivity index (χ3v) is 2.49. The quantitative estimate of drug-likeness (QED) is 0.508. The zero-order valence-electron chi connectivity index (χ0n) is 7.36. The van der Waals surface area contributed by atoms with E-state index in [1.807, 2.05) is 18.2 Å². The van der Waals surface area contributed by atoms with Gasteiger partial charge in [-0.1, -0.05) is 30.3 Å². The van der Waals surface area contributed by atoms with Crippen LogP contribution in [-0.2, 0) is 11.2 Å². The van der Waals surface area contributed by atoms with Crippen LogP contribution in [0, 0.1) is 0 Å². The molecule has 0 saturated heterocycles. The van der Waals surface area contributed by atoms with Crippen molar-refractivity contribution in [2.75, 3.05) is 0 Å². The zero-order chi connectivity index (χ0) is 9.15. The Balaban J connectivity index is 2.11. The maximum absolute atomic E-state index is 10.2. The van der Waals surface area contributed by atoms with Crippen molar-refractivity contribution in [2.45, 2.75) is 24.8 Å². The summed E-state index contributed by atoms with van der Waals surface area (Å²) in [5.74, 6) is 0. The van der Waals surface area contributed by atoms with Gasteiger partial charge in [-0.15, -0.1) is 0 Å². The van der Waals surface area contributed by atoms with Gasteiger partial charge in [-0.05, 0) is 24.8 Å². The first-order valence-corrected chi connectivity index (χ1v) is 4.48. The highest BCUT2D eigenvalue weighted by Gasteiger charge is 2.42. The SMILES string of the molecule is O=C=NC1(Cc2ccccc2)CC1. The zero-order valence-corrected chi connectivity index (χ0v) is 7.36. The van der Waals surface area contributed by atoms with E-state index in [0.29, 0.717) is 0 Å². The highest BCUT2D eigenvalue weighted by molar-refractivity contribution is 5.37. The molecule has 1 aromatic rings. The van der Waals surface area contributed by atoms with Crippen LogP contribution in [0.4, 0.5) is 0 Å². The van der Waals surface area contributed by atoms with Crippen molar-refractivity contribution in [3.05, 3.63) is 35.9 Å². The molecule has 0 aliphatic heterocycles. The first-order valence-electron chi connectivity index (χ1n) is 4.48. The minimum Gasteiger partial charge on any atom is -0.211 e. The van der Waals surface area contributed by atoms with Crippen molar-refractivity contribution >= 4 is 6.08 Å². The fraction of sp³-hybridized carbons (Fsp3) is 0.364. The Morgan fingerprint density at radius 1 is 1.31 bits per heavy atom. The van der Waals surface area contributed by atoms with E-state index in [4.69, 9.17) is 0 Å². The molecule has 0 amide bonds. The van der Waals surface area contributed by atoms with Crippen LogP contribution in [0.5, 0.6) is 0 Å². The third kappa shape index (κ3) is 1.85. The van der Waals surface area contributed by atoms with Gasteiger partial charge in [0.15, 0.2) is 0 Å². The van der Waals surface area contributed by atoms with Crippen LogP contribution in [0.15, 0.2) is 35.3 Å². The molecule has 1 fully saturated rings. The second kappa shape index (κ2) is 3.15. The molecule has 1 aliphatic rings. The van der Waals surface area contributed by atoms with E-state index in [1.54, 1.807) is 6.08 Å². The van der Waals surface area contributed by atoms with Gasteiger partial charge >= 0.3 is 0 Å². The average molecular weight is 173 g/mol. The fourth-order valence-corrected chi connectivity index (χ4v) is 1.55. The lowest BCUT2D eigenvalue weighted by molar-refractivity contribution is 0.553. The van der Waals surface area contributed by atoms with Gasteiger partial charge in [-0.2, -0.15) is 4.99 Å². The van der Waals surface area contributed by atoms with Crippen molar-refractivity contribution in [1.29, 1.82) is 0 Å². The van der Waals surface area contributed by atoms with Gasteiger partial charge in [0.2, 0.25) is 6.08 Å². The fourth-order valence-electron chi connectivity index (χ4n) is 1.55. The molecule has 0 atom stereocenters. The van der Waals surface area contributed by atoms with Crippen LogP contribution < -0.4 is 0 Å². The first-order chi connectivity index (χ1) is 6.35. The molecule has 0 heterocycles. The monoisotopic (exact) mass is 173 g/mol. The highest BCUT2D eigenvalue weighted by Crippen LogP contribution is 2.42. The molecule has 2 nitrogen and oxygen atoms in total. The van der Waals surface area contributed by atoms with Crippen LogP contribution >= 0.6 is 0 Å². The summed E-state index contributed by atoms with van der Waals surface area (Å²) < 4.78 is 0. The van der Waals surface area contributed by atoms with Gasteiger partial charge in [0.05, 0.1) is 5.54 Å². The van der Waals surface area contributed by atoms with Crippen molar-refractivity contribution in [1.82, 2.24) is 0 Å². The lowest BCUT2D eigenvalue weighted by atomic mass is 10.1. The Hall–Kier alpha value is -1.40. The van der Waals surface area contributed by atoms with Crippen LogP contribution in [0.2, 0.25) is 0 Å². The maximum atomic E-state index is 10.2. The van der Waals surface area contributed by atoms with Gasteiger partial charge in [-0.25, -0.2) is 4.79 Å². The van der Waals surface area contributed by atoms with Crippen LogP contribution in [-0.4, -0.2) is 11.6 Å². The standard InChI is InChI=1S/C11H11NO/c13-9-12-11(6-7-11)8-10-4-2-1-3-5-10/h1-5H,6-8H2. The summed E-state index contributed by atoms with van der Waals surface area (Å²) in [5, 5.41) is 0. The topological polar surface area (TPSA) is 29.4 Å². The van der Waals surface area contributed by atoms with Gasteiger partial charge in [0.1, 0.15) is 0 Å². The Morgan fingerprint density at radius 2 is 2.00 bits per heavy atom. The largest absolute Gasteiger partial charge is 0.235 e. The van der Waals surface area contributed by atoms with Crippen LogP contribution in [0.25, 0.3) is 0 Å². The van der Waals surface area contributed by atoms with E-state index < -0.39 is 0 Å². The average Bonchev–Trinajstić information content (AvgIpc) is 2.87. The molecular formula is C11H11NO. The van der Waals surface area contributed by atoms with E-state index in [9.17, 15) is 4.79 Å². The van der Waals surface area contributed by atoms with Gasteiger partial charge < -0.3 is 0 Å². The lowest BCUT2D eigenvalue weighted by Crippen LogP contribution is -2.08. The maximum Gasteiger partial charge on any atom is 0.235 e. The molecule has 0 unspecified atom stereocenters. The van der Waals surface area contributed by atoms with E-state index >= 15 is 0 Å². The summed E-state index contributed by atoms with van der Waals surface area (Å²) >= 11 is 0. The second-order valence-corrected chi connectivity index (χ2v) is 3.59. The molecule has 1 aromatic carbocycles. The molecule has 0 spiro atoms.